The quantitative estimate of drug-likeness (QED) is 0.334. The first-order valence-corrected chi connectivity index (χ1v) is 6.63. The maximum atomic E-state index is 10.6. The summed E-state index contributed by atoms with van der Waals surface area (Å²) in [5.41, 5.74) is -0.395. The molecule has 110 valence electrons. The van der Waals surface area contributed by atoms with Crippen LogP contribution in [0.15, 0.2) is 17.1 Å². The number of hydrogen-bond donors (Lipinski definition) is 6. The molecule has 1 rings (SSSR count). The van der Waals surface area contributed by atoms with Crippen LogP contribution in [0.4, 0.5) is 5.82 Å². The van der Waals surface area contributed by atoms with Gasteiger partial charge in [0.25, 0.3) is 0 Å². The number of aliphatic hydroxyl groups excluding tert-OH is 2. The molecule has 0 saturated heterocycles. The topological polar surface area (TPSA) is 165 Å². The molecule has 1 heterocycles. The average Bonchev–Trinajstić information content (AvgIpc) is 2.34. The first kappa shape index (κ1) is 17.7. The molecule has 0 bridgehead atoms. The Morgan fingerprint density at radius 3 is 2.47 bits per heavy atom. The zero-order valence-electron chi connectivity index (χ0n) is 9.89. The van der Waals surface area contributed by atoms with Gasteiger partial charge in [0.1, 0.15) is 5.82 Å². The highest BCUT2D eigenvalue weighted by molar-refractivity contribution is 7.46. The van der Waals surface area contributed by atoms with Crippen molar-refractivity contribution in [3.63, 3.8) is 0 Å². The molecule has 1 aromatic rings. The van der Waals surface area contributed by atoms with Crippen LogP contribution in [0.2, 0.25) is 0 Å². The Morgan fingerprint density at radius 2 is 2.05 bits per heavy atom. The first-order valence-electron chi connectivity index (χ1n) is 5.10. The molecule has 0 aromatic carbocycles. The summed E-state index contributed by atoms with van der Waals surface area (Å²) in [4.78, 5) is 32.3. The van der Waals surface area contributed by atoms with Gasteiger partial charge >= 0.3 is 13.5 Å². The van der Waals surface area contributed by atoms with E-state index in [0.717, 1.165) is 0 Å². The summed E-state index contributed by atoms with van der Waals surface area (Å²) in [5, 5.41) is 19.2. The number of aromatic nitrogens is 2. The van der Waals surface area contributed by atoms with Crippen LogP contribution >= 0.6 is 7.82 Å². The largest absolute Gasteiger partial charge is 0.469 e. The molecular weight excluding hydrogens is 281 g/mol. The van der Waals surface area contributed by atoms with Gasteiger partial charge in [-0.25, -0.2) is 14.3 Å². The van der Waals surface area contributed by atoms with Gasteiger partial charge in [-0.1, -0.05) is 0 Å². The fourth-order valence-corrected chi connectivity index (χ4v) is 1.14. The standard InChI is InChI=1S/C6H9N3O2.C2H7O5P/c10-4-3-7-5-1-2-8-6(11)9-5;3-1-2-7-8(4,5)6/h1-2,10H,3-4H2,(H2,7,8,9,11);3H,1-2H2,(H2,4,5,6). The molecule has 0 fully saturated rings. The van der Waals surface area contributed by atoms with Crippen molar-refractivity contribution in [1.29, 1.82) is 0 Å². The van der Waals surface area contributed by atoms with Crippen LogP contribution in [0, 0.1) is 0 Å². The van der Waals surface area contributed by atoms with E-state index in [1.807, 2.05) is 0 Å². The molecular formula is C8H16N3O7P. The van der Waals surface area contributed by atoms with Gasteiger partial charge < -0.3 is 25.3 Å². The molecule has 0 unspecified atom stereocenters. The summed E-state index contributed by atoms with van der Waals surface area (Å²) in [5.74, 6) is 0.569. The third-order valence-corrected chi connectivity index (χ3v) is 1.97. The zero-order valence-corrected chi connectivity index (χ0v) is 10.8. The second-order valence-electron chi connectivity index (χ2n) is 2.99. The molecule has 0 radical (unpaired) electrons. The Balaban J connectivity index is 0.000000362. The summed E-state index contributed by atoms with van der Waals surface area (Å²) in [7, 11) is -4.34. The van der Waals surface area contributed by atoms with Gasteiger partial charge in [0, 0.05) is 12.7 Å². The molecule has 10 nitrogen and oxygen atoms in total. The number of aliphatic hydroxyl groups is 2. The van der Waals surface area contributed by atoms with Crippen LogP contribution in [-0.4, -0.2) is 56.3 Å². The highest BCUT2D eigenvalue weighted by Crippen LogP contribution is 2.34. The summed E-state index contributed by atoms with van der Waals surface area (Å²) in [6, 6.07) is 1.62. The predicted octanol–water partition coefficient (Wildman–Crippen LogP) is -1.74. The minimum Gasteiger partial charge on any atom is -0.395 e. The van der Waals surface area contributed by atoms with Gasteiger partial charge in [-0.05, 0) is 6.07 Å². The van der Waals surface area contributed by atoms with Crippen molar-refractivity contribution in [3.8, 4) is 0 Å². The molecule has 0 atom stereocenters. The van der Waals surface area contributed by atoms with E-state index in [1.165, 1.54) is 6.20 Å². The molecule has 6 N–H and O–H groups in total. The molecule has 11 heteroatoms. The minimum atomic E-state index is -4.34. The highest BCUT2D eigenvalue weighted by Gasteiger charge is 2.11. The van der Waals surface area contributed by atoms with E-state index in [9.17, 15) is 9.36 Å². The van der Waals surface area contributed by atoms with Crippen molar-refractivity contribution in [2.24, 2.45) is 0 Å². The van der Waals surface area contributed by atoms with Crippen molar-refractivity contribution in [2.45, 2.75) is 0 Å². The Kier molecular flexibility index (Phi) is 8.96. The molecule has 0 amide bonds. The van der Waals surface area contributed by atoms with E-state index in [0.29, 0.717) is 12.4 Å². The second-order valence-corrected chi connectivity index (χ2v) is 4.23. The molecule has 0 saturated carbocycles. The SMILES string of the molecule is O=P(O)(O)OCCO.O=c1nccc(NCCO)[nH]1. The van der Waals surface area contributed by atoms with Crippen LogP contribution < -0.4 is 11.0 Å². The molecule has 0 aliphatic rings. The number of H-pyrrole nitrogens is 1. The summed E-state index contributed by atoms with van der Waals surface area (Å²) in [6.07, 6.45) is 1.40. The van der Waals surface area contributed by atoms with Crippen molar-refractivity contribution < 1.29 is 29.1 Å². The summed E-state index contributed by atoms with van der Waals surface area (Å²) >= 11 is 0. The number of phosphoric ester groups is 1. The van der Waals surface area contributed by atoms with Gasteiger partial charge in [0.2, 0.25) is 0 Å². The lowest BCUT2D eigenvalue weighted by atomic mass is 10.5. The van der Waals surface area contributed by atoms with Gasteiger partial charge in [0.05, 0.1) is 19.8 Å². The van der Waals surface area contributed by atoms with E-state index < -0.39 is 13.5 Å². The lowest BCUT2D eigenvalue weighted by Crippen LogP contribution is -2.14. The molecule has 0 aliphatic carbocycles. The monoisotopic (exact) mass is 297 g/mol. The predicted molar refractivity (Wildman–Crippen MR) is 65.5 cm³/mol. The Labute approximate surface area is 108 Å². The molecule has 19 heavy (non-hydrogen) atoms. The normalized spacial score (nSPS) is 10.5. The third kappa shape index (κ3) is 11.5. The second kappa shape index (κ2) is 9.62. The number of phosphoric acid groups is 1. The van der Waals surface area contributed by atoms with Gasteiger partial charge in [0.15, 0.2) is 0 Å². The summed E-state index contributed by atoms with van der Waals surface area (Å²) < 4.78 is 13.5. The zero-order chi connectivity index (χ0) is 14.7. The van der Waals surface area contributed by atoms with Crippen molar-refractivity contribution in [1.82, 2.24) is 9.97 Å². The lowest BCUT2D eigenvalue weighted by Gasteiger charge is -2.00. The Bertz CT molecular complexity index is 446. The Morgan fingerprint density at radius 1 is 1.37 bits per heavy atom. The minimum absolute atomic E-state index is 0.0321. The molecule has 0 aliphatic heterocycles. The third-order valence-electron chi connectivity index (χ3n) is 1.45. The number of nitrogens with one attached hydrogen (secondary N) is 2. The molecule has 1 aromatic heterocycles. The van der Waals surface area contributed by atoms with E-state index in [2.05, 4.69) is 19.8 Å². The number of anilines is 1. The van der Waals surface area contributed by atoms with Crippen LogP contribution in [0.5, 0.6) is 0 Å². The molecule has 0 spiro atoms. The van der Waals surface area contributed by atoms with Crippen LogP contribution in [-0.2, 0) is 9.09 Å². The van der Waals surface area contributed by atoms with Crippen LogP contribution in [0.25, 0.3) is 0 Å². The average molecular weight is 297 g/mol. The maximum Gasteiger partial charge on any atom is 0.469 e. The van der Waals surface area contributed by atoms with Gasteiger partial charge in [-0.2, -0.15) is 0 Å². The first-order chi connectivity index (χ1) is 8.89. The maximum absolute atomic E-state index is 10.6. The lowest BCUT2D eigenvalue weighted by molar-refractivity contribution is 0.151. The smallest absolute Gasteiger partial charge is 0.395 e. The van der Waals surface area contributed by atoms with Crippen LogP contribution in [0.1, 0.15) is 0 Å². The fourth-order valence-electron chi connectivity index (χ4n) is 0.822. The summed E-state index contributed by atoms with van der Waals surface area (Å²) in [6.45, 7) is -0.264. The fraction of sp³-hybridized carbons (Fsp3) is 0.500. The van der Waals surface area contributed by atoms with Gasteiger partial charge in [-0.3, -0.25) is 9.51 Å². The van der Waals surface area contributed by atoms with Crippen molar-refractivity contribution >= 4 is 13.6 Å². The van der Waals surface area contributed by atoms with Crippen LogP contribution in [0.3, 0.4) is 0 Å². The van der Waals surface area contributed by atoms with E-state index in [4.69, 9.17) is 20.0 Å². The number of hydrogen-bond acceptors (Lipinski definition) is 7. The number of rotatable bonds is 6. The van der Waals surface area contributed by atoms with E-state index in [-0.39, 0.29) is 19.8 Å². The van der Waals surface area contributed by atoms with E-state index >= 15 is 0 Å². The number of aromatic amines is 1. The van der Waals surface area contributed by atoms with Crippen molar-refractivity contribution in [3.05, 3.63) is 22.7 Å². The van der Waals surface area contributed by atoms with E-state index in [1.54, 1.807) is 6.07 Å². The van der Waals surface area contributed by atoms with Crippen molar-refractivity contribution in [2.75, 3.05) is 31.7 Å². The Hall–Kier alpha value is -1.29. The number of nitrogens with zero attached hydrogens (tertiary/aromatic N) is 1. The highest BCUT2D eigenvalue weighted by atomic mass is 31.2. The van der Waals surface area contributed by atoms with Gasteiger partial charge in [-0.15, -0.1) is 0 Å².